The molecule has 1 aliphatic rings. The van der Waals surface area contributed by atoms with E-state index in [1.54, 1.807) is 0 Å². The van der Waals surface area contributed by atoms with Crippen LogP contribution in [0.1, 0.15) is 19.3 Å². The zero-order chi connectivity index (χ0) is 9.03. The Hall–Kier alpha value is -0.520. The molecule has 0 aromatic carbocycles. The Morgan fingerprint density at radius 1 is 1.67 bits per heavy atom. The smallest absolute Gasteiger partial charge is 0.0628 e. The second-order valence-electron chi connectivity index (χ2n) is 3.46. The first-order chi connectivity index (χ1) is 5.68. The minimum atomic E-state index is 0.265. The van der Waals surface area contributed by atoms with E-state index in [2.05, 4.69) is 18.0 Å². The monoisotopic (exact) mass is 184 g/mol. The summed E-state index contributed by atoms with van der Waals surface area (Å²) in [4.78, 5) is 0. The zero-order valence-corrected chi connectivity index (χ0v) is 7.82. The fraction of sp³-hybridized carbons (Fsp3) is 0.667. The highest BCUT2D eigenvalue weighted by Gasteiger charge is 2.41. The Kier molecular flexibility index (Phi) is 3.13. The SMILES string of the molecule is C=C(Cl)CNCC1(CC#N)CC1. The Bertz CT molecular complexity index is 213. The first-order valence-electron chi connectivity index (χ1n) is 4.09. The van der Waals surface area contributed by atoms with Crippen LogP contribution in [0.25, 0.3) is 0 Å². The maximum Gasteiger partial charge on any atom is 0.0628 e. The van der Waals surface area contributed by atoms with Crippen LogP contribution < -0.4 is 5.32 Å². The molecular weight excluding hydrogens is 172 g/mol. The van der Waals surface area contributed by atoms with Gasteiger partial charge in [-0.15, -0.1) is 0 Å². The lowest BCUT2D eigenvalue weighted by atomic mass is 10.0. The predicted molar refractivity (Wildman–Crippen MR) is 49.8 cm³/mol. The minimum absolute atomic E-state index is 0.265. The van der Waals surface area contributed by atoms with Crippen LogP contribution in [-0.4, -0.2) is 13.1 Å². The van der Waals surface area contributed by atoms with Crippen LogP contribution in [0.3, 0.4) is 0 Å². The molecule has 0 saturated heterocycles. The van der Waals surface area contributed by atoms with Gasteiger partial charge in [-0.3, -0.25) is 0 Å². The molecule has 1 aliphatic carbocycles. The summed E-state index contributed by atoms with van der Waals surface area (Å²) in [6, 6.07) is 2.21. The van der Waals surface area contributed by atoms with Crippen LogP contribution in [-0.2, 0) is 0 Å². The van der Waals surface area contributed by atoms with E-state index in [4.69, 9.17) is 16.9 Å². The summed E-state index contributed by atoms with van der Waals surface area (Å²) in [5, 5.41) is 12.3. The van der Waals surface area contributed by atoms with E-state index >= 15 is 0 Å². The average molecular weight is 185 g/mol. The Morgan fingerprint density at radius 2 is 2.33 bits per heavy atom. The summed E-state index contributed by atoms with van der Waals surface area (Å²) in [5.74, 6) is 0. The summed E-state index contributed by atoms with van der Waals surface area (Å²) in [6.07, 6.45) is 3.00. The number of nitriles is 1. The van der Waals surface area contributed by atoms with E-state index in [1.165, 1.54) is 12.8 Å². The highest BCUT2D eigenvalue weighted by Crippen LogP contribution is 2.47. The topological polar surface area (TPSA) is 35.8 Å². The Morgan fingerprint density at radius 3 is 2.75 bits per heavy atom. The molecule has 0 radical (unpaired) electrons. The lowest BCUT2D eigenvalue weighted by molar-refractivity contribution is 0.481. The standard InChI is InChI=1S/C9H13ClN2/c1-8(10)6-12-7-9(2-3-9)4-5-11/h12H,1-4,6-7H2. The molecule has 0 amide bonds. The minimum Gasteiger partial charge on any atom is -0.311 e. The lowest BCUT2D eigenvalue weighted by Gasteiger charge is -2.10. The van der Waals surface area contributed by atoms with Crippen molar-refractivity contribution in [2.75, 3.05) is 13.1 Å². The maximum atomic E-state index is 8.53. The Balaban J connectivity index is 2.15. The molecule has 0 atom stereocenters. The largest absolute Gasteiger partial charge is 0.311 e. The molecule has 0 heterocycles. The second kappa shape index (κ2) is 3.93. The van der Waals surface area contributed by atoms with Gasteiger partial charge in [-0.25, -0.2) is 0 Å². The van der Waals surface area contributed by atoms with Gasteiger partial charge in [0, 0.05) is 24.5 Å². The van der Waals surface area contributed by atoms with Gasteiger partial charge in [0.15, 0.2) is 0 Å². The van der Waals surface area contributed by atoms with Crippen molar-refractivity contribution in [1.82, 2.24) is 5.32 Å². The molecule has 0 aliphatic heterocycles. The molecule has 1 N–H and O–H groups in total. The van der Waals surface area contributed by atoms with Gasteiger partial charge in [-0.2, -0.15) is 5.26 Å². The van der Waals surface area contributed by atoms with Gasteiger partial charge < -0.3 is 5.32 Å². The Labute approximate surface area is 78.2 Å². The number of nitrogens with zero attached hydrogens (tertiary/aromatic N) is 1. The van der Waals surface area contributed by atoms with Crippen molar-refractivity contribution >= 4 is 11.6 Å². The molecule has 66 valence electrons. The van der Waals surface area contributed by atoms with Gasteiger partial charge in [-0.1, -0.05) is 18.2 Å². The van der Waals surface area contributed by atoms with E-state index in [0.29, 0.717) is 18.0 Å². The number of rotatable bonds is 5. The van der Waals surface area contributed by atoms with E-state index in [0.717, 1.165) is 6.54 Å². The molecule has 1 fully saturated rings. The molecule has 0 aromatic heterocycles. The number of hydrogen-bond acceptors (Lipinski definition) is 2. The molecule has 0 unspecified atom stereocenters. The molecule has 0 aromatic rings. The van der Waals surface area contributed by atoms with Crippen molar-refractivity contribution in [2.45, 2.75) is 19.3 Å². The second-order valence-corrected chi connectivity index (χ2v) is 3.99. The van der Waals surface area contributed by atoms with Gasteiger partial charge in [-0.05, 0) is 18.3 Å². The normalized spacial score (nSPS) is 18.3. The predicted octanol–water partition coefficient (Wildman–Crippen LogP) is 2.02. The van der Waals surface area contributed by atoms with E-state index in [-0.39, 0.29) is 5.41 Å². The third-order valence-electron chi connectivity index (χ3n) is 2.23. The highest BCUT2D eigenvalue weighted by atomic mass is 35.5. The molecule has 0 bridgehead atoms. The number of nitrogens with one attached hydrogen (secondary N) is 1. The van der Waals surface area contributed by atoms with Crippen LogP contribution in [0.5, 0.6) is 0 Å². The van der Waals surface area contributed by atoms with E-state index in [1.807, 2.05) is 0 Å². The summed E-state index contributed by atoms with van der Waals surface area (Å²) < 4.78 is 0. The van der Waals surface area contributed by atoms with Crippen LogP contribution in [0, 0.1) is 16.7 Å². The first kappa shape index (κ1) is 9.57. The van der Waals surface area contributed by atoms with Crippen LogP contribution >= 0.6 is 11.6 Å². The van der Waals surface area contributed by atoms with Crippen LogP contribution in [0.2, 0.25) is 0 Å². The van der Waals surface area contributed by atoms with Crippen molar-refractivity contribution in [1.29, 1.82) is 5.26 Å². The summed E-state index contributed by atoms with van der Waals surface area (Å²) in [5.41, 5.74) is 0.265. The molecule has 1 rings (SSSR count). The number of halogens is 1. The van der Waals surface area contributed by atoms with Crippen molar-refractivity contribution in [2.24, 2.45) is 5.41 Å². The van der Waals surface area contributed by atoms with Gasteiger partial charge in [0.25, 0.3) is 0 Å². The number of hydrogen-bond donors (Lipinski definition) is 1. The zero-order valence-electron chi connectivity index (χ0n) is 7.07. The first-order valence-corrected chi connectivity index (χ1v) is 4.47. The fourth-order valence-electron chi connectivity index (χ4n) is 1.22. The summed E-state index contributed by atoms with van der Waals surface area (Å²) in [6.45, 7) is 5.12. The van der Waals surface area contributed by atoms with Crippen LogP contribution in [0.4, 0.5) is 0 Å². The fourth-order valence-corrected chi connectivity index (χ4v) is 1.32. The highest BCUT2D eigenvalue weighted by molar-refractivity contribution is 6.29. The van der Waals surface area contributed by atoms with Gasteiger partial charge in [0.1, 0.15) is 0 Å². The summed E-state index contributed by atoms with van der Waals surface area (Å²) in [7, 11) is 0. The van der Waals surface area contributed by atoms with Crippen molar-refractivity contribution < 1.29 is 0 Å². The van der Waals surface area contributed by atoms with Gasteiger partial charge >= 0.3 is 0 Å². The molecule has 3 heteroatoms. The summed E-state index contributed by atoms with van der Waals surface area (Å²) >= 11 is 5.58. The molecule has 0 spiro atoms. The molecule has 1 saturated carbocycles. The van der Waals surface area contributed by atoms with Gasteiger partial charge in [0.2, 0.25) is 0 Å². The van der Waals surface area contributed by atoms with E-state index < -0.39 is 0 Å². The van der Waals surface area contributed by atoms with Gasteiger partial charge in [0.05, 0.1) is 6.07 Å². The van der Waals surface area contributed by atoms with Crippen molar-refractivity contribution in [3.8, 4) is 6.07 Å². The molecule has 2 nitrogen and oxygen atoms in total. The molecule has 12 heavy (non-hydrogen) atoms. The van der Waals surface area contributed by atoms with Crippen molar-refractivity contribution in [3.05, 3.63) is 11.6 Å². The maximum absolute atomic E-state index is 8.53. The lowest BCUT2D eigenvalue weighted by Crippen LogP contribution is -2.24. The third-order valence-corrected chi connectivity index (χ3v) is 2.36. The van der Waals surface area contributed by atoms with Crippen molar-refractivity contribution in [3.63, 3.8) is 0 Å². The quantitative estimate of drug-likeness (QED) is 0.710. The third kappa shape index (κ3) is 2.84. The van der Waals surface area contributed by atoms with Crippen LogP contribution in [0.15, 0.2) is 11.6 Å². The van der Waals surface area contributed by atoms with E-state index in [9.17, 15) is 0 Å². The molecular formula is C9H13ClN2. The average Bonchev–Trinajstić information content (AvgIpc) is 2.69.